The van der Waals surface area contributed by atoms with Gasteiger partial charge in [0.1, 0.15) is 11.6 Å². The lowest BCUT2D eigenvalue weighted by Crippen LogP contribution is -2.25. The maximum absolute atomic E-state index is 12.5. The van der Waals surface area contributed by atoms with Gasteiger partial charge in [0.2, 0.25) is 11.8 Å². The minimum Gasteiger partial charge on any atom is -0.493 e. The van der Waals surface area contributed by atoms with Crippen LogP contribution in [0, 0.1) is 12.8 Å². The van der Waals surface area contributed by atoms with Crippen LogP contribution in [0.5, 0.6) is 11.6 Å². The molecule has 1 aliphatic rings. The Morgan fingerprint density at radius 2 is 1.93 bits per heavy atom. The number of fused-ring (bicyclic) bond motifs is 1. The van der Waals surface area contributed by atoms with Crippen LogP contribution in [0.25, 0.3) is 5.82 Å². The number of anilines is 1. The smallest absolute Gasteiger partial charge is 0.233 e. The maximum atomic E-state index is 12.5. The topological polar surface area (TPSA) is 91.2 Å². The van der Waals surface area contributed by atoms with Crippen LogP contribution in [0.2, 0.25) is 0 Å². The van der Waals surface area contributed by atoms with E-state index in [1.165, 1.54) is 7.11 Å². The lowest BCUT2D eigenvalue weighted by Gasteiger charge is -2.24. The van der Waals surface area contributed by atoms with E-state index in [0.29, 0.717) is 36.5 Å². The Bertz CT molecular complexity index is 1040. The molecule has 0 unspecified atom stereocenters. The molecule has 0 radical (unpaired) electrons. The molecular formula is C22H25N5O3. The summed E-state index contributed by atoms with van der Waals surface area (Å²) in [6, 6.07) is 11.4. The minimum atomic E-state index is -0.0899. The van der Waals surface area contributed by atoms with Crippen molar-refractivity contribution in [2.45, 2.75) is 33.1 Å². The number of hydrogen-bond acceptors (Lipinski definition) is 6. The zero-order valence-electron chi connectivity index (χ0n) is 17.5. The number of nitrogens with zero attached hydrogens (tertiary/aromatic N) is 4. The van der Waals surface area contributed by atoms with Gasteiger partial charge in [0.15, 0.2) is 5.82 Å². The largest absolute Gasteiger partial charge is 0.493 e. The summed E-state index contributed by atoms with van der Waals surface area (Å²) < 4.78 is 12.5. The molecule has 0 spiro atoms. The Morgan fingerprint density at radius 3 is 2.57 bits per heavy atom. The van der Waals surface area contributed by atoms with E-state index < -0.39 is 0 Å². The third-order valence-electron chi connectivity index (χ3n) is 5.02. The molecule has 1 aliphatic heterocycles. The van der Waals surface area contributed by atoms with Gasteiger partial charge in [-0.15, -0.1) is 10.2 Å². The van der Waals surface area contributed by atoms with E-state index in [-0.39, 0.29) is 11.8 Å². The van der Waals surface area contributed by atoms with Gasteiger partial charge >= 0.3 is 0 Å². The quantitative estimate of drug-likeness (QED) is 0.673. The molecular weight excluding hydrogens is 382 g/mol. The summed E-state index contributed by atoms with van der Waals surface area (Å²) in [5.41, 5.74) is 2.88. The number of hydrogen-bond donors (Lipinski definition) is 1. The summed E-state index contributed by atoms with van der Waals surface area (Å²) in [7, 11) is 1.54. The van der Waals surface area contributed by atoms with Crippen molar-refractivity contribution in [2.24, 2.45) is 5.92 Å². The second kappa shape index (κ2) is 8.14. The fourth-order valence-corrected chi connectivity index (χ4v) is 3.59. The number of amides is 1. The van der Waals surface area contributed by atoms with Crippen molar-refractivity contribution >= 4 is 11.7 Å². The van der Waals surface area contributed by atoms with E-state index in [1.54, 1.807) is 16.8 Å². The lowest BCUT2D eigenvalue weighted by atomic mass is 9.86. The van der Waals surface area contributed by atoms with Crippen LogP contribution in [0.3, 0.4) is 0 Å². The van der Waals surface area contributed by atoms with Crippen LogP contribution in [0.1, 0.15) is 43.0 Å². The van der Waals surface area contributed by atoms with Gasteiger partial charge in [0.25, 0.3) is 0 Å². The summed E-state index contributed by atoms with van der Waals surface area (Å²) in [5, 5.41) is 15.8. The Hall–Kier alpha value is -3.42. The lowest BCUT2D eigenvalue weighted by molar-refractivity contribution is -0.116. The van der Waals surface area contributed by atoms with Gasteiger partial charge in [-0.1, -0.05) is 26.0 Å². The molecule has 0 saturated carbocycles. The predicted octanol–water partition coefficient (Wildman–Crippen LogP) is 3.49. The Labute approximate surface area is 175 Å². The second-order valence-corrected chi connectivity index (χ2v) is 7.77. The number of carbonyl (C=O) groups excluding carboxylic acids is 1. The van der Waals surface area contributed by atoms with Crippen LogP contribution >= 0.6 is 0 Å². The van der Waals surface area contributed by atoms with Crippen molar-refractivity contribution in [2.75, 3.05) is 19.0 Å². The highest BCUT2D eigenvalue weighted by molar-refractivity contribution is 5.95. The molecule has 0 saturated heterocycles. The SMILES string of the molecule is COc1ccc(-n2nc(C)c3c2NC(=O)C[C@H]3c2ccc(OCC(C)C)cc2)nn1. The average molecular weight is 407 g/mol. The van der Waals surface area contributed by atoms with E-state index in [2.05, 4.69) is 34.5 Å². The maximum Gasteiger partial charge on any atom is 0.233 e. The molecule has 156 valence electrons. The summed E-state index contributed by atoms with van der Waals surface area (Å²) in [6.45, 7) is 6.84. The molecule has 4 rings (SSSR count). The summed E-state index contributed by atoms with van der Waals surface area (Å²) in [6.07, 6.45) is 0.361. The number of nitrogens with one attached hydrogen (secondary N) is 1. The number of rotatable bonds is 6. The second-order valence-electron chi connectivity index (χ2n) is 7.77. The Morgan fingerprint density at radius 1 is 1.17 bits per heavy atom. The normalized spacial score (nSPS) is 15.6. The van der Waals surface area contributed by atoms with Crippen molar-refractivity contribution in [1.29, 1.82) is 0 Å². The Kier molecular flexibility index (Phi) is 5.39. The number of aryl methyl sites for hydroxylation is 1. The van der Waals surface area contributed by atoms with Crippen molar-refractivity contribution in [3.63, 3.8) is 0 Å². The molecule has 1 aromatic carbocycles. The van der Waals surface area contributed by atoms with Crippen LogP contribution in [-0.4, -0.2) is 39.6 Å². The number of benzene rings is 1. The zero-order valence-corrected chi connectivity index (χ0v) is 17.5. The summed E-state index contributed by atoms with van der Waals surface area (Å²) >= 11 is 0. The average Bonchev–Trinajstić information content (AvgIpc) is 3.08. The number of ether oxygens (including phenoxy) is 2. The van der Waals surface area contributed by atoms with Crippen molar-refractivity contribution in [3.05, 3.63) is 53.2 Å². The first-order valence-corrected chi connectivity index (χ1v) is 9.96. The predicted molar refractivity (Wildman–Crippen MR) is 112 cm³/mol. The molecule has 0 aliphatic carbocycles. The van der Waals surface area contributed by atoms with Gasteiger partial charge in [-0.25, -0.2) is 0 Å². The van der Waals surface area contributed by atoms with Crippen molar-refractivity contribution < 1.29 is 14.3 Å². The molecule has 8 nitrogen and oxygen atoms in total. The molecule has 1 atom stereocenters. The van der Waals surface area contributed by atoms with Crippen LogP contribution in [0.15, 0.2) is 36.4 Å². The van der Waals surface area contributed by atoms with E-state index >= 15 is 0 Å². The third-order valence-corrected chi connectivity index (χ3v) is 5.02. The zero-order chi connectivity index (χ0) is 21.3. The van der Waals surface area contributed by atoms with Crippen LogP contribution in [0.4, 0.5) is 5.82 Å². The summed E-state index contributed by atoms with van der Waals surface area (Å²) in [5.74, 6) is 2.70. The van der Waals surface area contributed by atoms with E-state index in [1.807, 2.05) is 31.2 Å². The van der Waals surface area contributed by atoms with Gasteiger partial charge in [0, 0.05) is 24.0 Å². The Balaban J connectivity index is 1.68. The molecule has 1 N–H and O–H groups in total. The fourth-order valence-electron chi connectivity index (χ4n) is 3.59. The van der Waals surface area contributed by atoms with Crippen LogP contribution in [-0.2, 0) is 4.79 Å². The first-order chi connectivity index (χ1) is 14.5. The van der Waals surface area contributed by atoms with Crippen molar-refractivity contribution in [3.8, 4) is 17.4 Å². The van der Waals surface area contributed by atoms with Gasteiger partial charge < -0.3 is 14.8 Å². The highest BCUT2D eigenvalue weighted by Gasteiger charge is 2.33. The molecule has 3 aromatic rings. The number of methoxy groups -OCH3 is 1. The fraction of sp³-hybridized carbons (Fsp3) is 0.364. The highest BCUT2D eigenvalue weighted by Crippen LogP contribution is 2.40. The molecule has 3 heterocycles. The van der Waals surface area contributed by atoms with Gasteiger partial charge in [-0.05, 0) is 36.6 Å². The molecule has 2 aromatic heterocycles. The minimum absolute atomic E-state index is 0.0599. The van der Waals surface area contributed by atoms with Gasteiger partial charge in [0.05, 0.1) is 19.4 Å². The number of carbonyl (C=O) groups is 1. The van der Waals surface area contributed by atoms with Crippen molar-refractivity contribution in [1.82, 2.24) is 20.0 Å². The van der Waals surface area contributed by atoms with Gasteiger partial charge in [-0.3, -0.25) is 4.79 Å². The molecule has 0 bridgehead atoms. The van der Waals surface area contributed by atoms with Crippen LogP contribution < -0.4 is 14.8 Å². The first-order valence-electron chi connectivity index (χ1n) is 9.96. The molecule has 30 heavy (non-hydrogen) atoms. The molecule has 8 heteroatoms. The first kappa shape index (κ1) is 19.9. The molecule has 0 fully saturated rings. The molecule has 1 amide bonds. The monoisotopic (exact) mass is 407 g/mol. The standard InChI is InChI=1S/C22H25N5O3/c1-13(2)12-30-16-7-5-15(6-8-16)17-11-19(28)23-22-21(17)14(3)26-27(22)18-9-10-20(29-4)25-24-18/h5-10,13,17H,11-12H2,1-4H3,(H,23,28)/t17-/m0/s1. The van der Waals surface area contributed by atoms with E-state index in [4.69, 9.17) is 9.47 Å². The van der Waals surface area contributed by atoms with E-state index in [9.17, 15) is 4.79 Å². The number of aromatic nitrogens is 4. The third kappa shape index (κ3) is 3.85. The highest BCUT2D eigenvalue weighted by atomic mass is 16.5. The van der Waals surface area contributed by atoms with E-state index in [0.717, 1.165) is 22.6 Å². The van der Waals surface area contributed by atoms with Gasteiger partial charge in [-0.2, -0.15) is 9.78 Å². The summed E-state index contributed by atoms with van der Waals surface area (Å²) in [4.78, 5) is 12.5.